The van der Waals surface area contributed by atoms with Crippen molar-refractivity contribution in [3.05, 3.63) is 0 Å². The van der Waals surface area contributed by atoms with Crippen molar-refractivity contribution in [3.8, 4) is 0 Å². The van der Waals surface area contributed by atoms with Crippen molar-refractivity contribution >= 4 is 29.7 Å². The van der Waals surface area contributed by atoms with E-state index < -0.39 is 36.6 Å². The highest BCUT2D eigenvalue weighted by molar-refractivity contribution is 6.08. The van der Waals surface area contributed by atoms with Gasteiger partial charge in [-0.2, -0.15) is 0 Å². The van der Waals surface area contributed by atoms with E-state index in [-0.39, 0.29) is 11.8 Å². The van der Waals surface area contributed by atoms with Crippen LogP contribution in [0.2, 0.25) is 0 Å². The molecule has 2 saturated heterocycles. The number of nitrogens with one attached hydrogen (secondary N) is 1. The minimum atomic E-state index is -0.983. The lowest BCUT2D eigenvalue weighted by Crippen LogP contribution is -2.51. The van der Waals surface area contributed by atoms with Gasteiger partial charge < -0.3 is 19.9 Å². The second kappa shape index (κ2) is 8.36. The molecule has 2 fully saturated rings. The van der Waals surface area contributed by atoms with Crippen LogP contribution in [0.15, 0.2) is 0 Å². The average molecular weight is 382 g/mol. The molecule has 27 heavy (non-hydrogen) atoms. The first-order valence-electron chi connectivity index (χ1n) is 9.07. The third kappa shape index (κ3) is 4.37. The van der Waals surface area contributed by atoms with Crippen molar-refractivity contribution in [2.75, 3.05) is 39.3 Å². The van der Waals surface area contributed by atoms with Crippen LogP contribution in [-0.2, 0) is 23.9 Å². The first kappa shape index (κ1) is 20.7. The Kier molecular flexibility index (Phi) is 6.40. The Morgan fingerprint density at radius 1 is 1.04 bits per heavy atom. The molecule has 0 aromatic rings. The second-order valence-electron chi connectivity index (χ2n) is 6.66. The number of hydrogen-bond donors (Lipinski definition) is 1. The molecular formula is C17H26N4O6. The van der Waals surface area contributed by atoms with Gasteiger partial charge in [-0.3, -0.25) is 24.1 Å². The van der Waals surface area contributed by atoms with Gasteiger partial charge in [-0.15, -0.1) is 0 Å². The third-order valence-electron chi connectivity index (χ3n) is 5.17. The van der Waals surface area contributed by atoms with Crippen LogP contribution in [0.1, 0.15) is 33.6 Å². The Morgan fingerprint density at radius 2 is 1.59 bits per heavy atom. The monoisotopic (exact) mass is 382 g/mol. The maximum atomic E-state index is 12.4. The SMILES string of the molecule is CCC1(CC)NC(=O)N(CC(=O)OCC(=O)N2CCN(C(C)=O)CC2)C1=O. The van der Waals surface area contributed by atoms with Crippen LogP contribution in [0.25, 0.3) is 0 Å². The van der Waals surface area contributed by atoms with E-state index in [1.165, 1.54) is 11.8 Å². The molecule has 0 unspecified atom stereocenters. The maximum Gasteiger partial charge on any atom is 0.326 e. The summed E-state index contributed by atoms with van der Waals surface area (Å²) in [5, 5.41) is 2.62. The Hall–Kier alpha value is -2.65. The van der Waals surface area contributed by atoms with Crippen LogP contribution in [0, 0.1) is 0 Å². The molecule has 2 rings (SSSR count). The van der Waals surface area contributed by atoms with Crippen molar-refractivity contribution in [1.29, 1.82) is 0 Å². The van der Waals surface area contributed by atoms with Crippen molar-refractivity contribution in [2.45, 2.75) is 39.2 Å². The van der Waals surface area contributed by atoms with Crippen LogP contribution in [0.3, 0.4) is 0 Å². The summed E-state index contributed by atoms with van der Waals surface area (Å²) in [7, 11) is 0. The summed E-state index contributed by atoms with van der Waals surface area (Å²) in [6.07, 6.45) is 0.842. The summed E-state index contributed by atoms with van der Waals surface area (Å²) in [6.45, 7) is 5.67. The number of amides is 5. The van der Waals surface area contributed by atoms with E-state index in [4.69, 9.17) is 4.74 Å². The zero-order chi connectivity index (χ0) is 20.2. The minimum Gasteiger partial charge on any atom is -0.454 e. The van der Waals surface area contributed by atoms with Gasteiger partial charge in [0.2, 0.25) is 5.91 Å². The number of carbonyl (C=O) groups excluding carboxylic acids is 5. The number of esters is 1. The Labute approximate surface area is 157 Å². The summed E-state index contributed by atoms with van der Waals surface area (Å²) >= 11 is 0. The van der Waals surface area contributed by atoms with E-state index in [1.807, 2.05) is 0 Å². The molecule has 1 N–H and O–H groups in total. The number of rotatable bonds is 6. The van der Waals surface area contributed by atoms with Gasteiger partial charge >= 0.3 is 12.0 Å². The zero-order valence-corrected chi connectivity index (χ0v) is 15.9. The predicted molar refractivity (Wildman–Crippen MR) is 93.4 cm³/mol. The molecule has 2 aliphatic rings. The van der Waals surface area contributed by atoms with Crippen molar-refractivity contribution < 1.29 is 28.7 Å². The molecule has 2 aliphatic heterocycles. The number of ether oxygens (including phenoxy) is 1. The topological polar surface area (TPSA) is 116 Å². The second-order valence-corrected chi connectivity index (χ2v) is 6.66. The molecule has 0 atom stereocenters. The van der Waals surface area contributed by atoms with Gasteiger partial charge in [-0.05, 0) is 12.8 Å². The van der Waals surface area contributed by atoms with Crippen LogP contribution in [0.4, 0.5) is 4.79 Å². The molecule has 0 aliphatic carbocycles. The molecule has 5 amide bonds. The smallest absolute Gasteiger partial charge is 0.326 e. The van der Waals surface area contributed by atoms with E-state index in [1.54, 1.807) is 18.7 Å². The fourth-order valence-electron chi connectivity index (χ4n) is 3.23. The van der Waals surface area contributed by atoms with Gasteiger partial charge in [0.25, 0.3) is 11.8 Å². The summed E-state index contributed by atoms with van der Waals surface area (Å²) in [6, 6.07) is -0.632. The lowest BCUT2D eigenvalue weighted by atomic mass is 9.93. The molecule has 0 aromatic carbocycles. The average Bonchev–Trinajstić information content (AvgIpc) is 2.90. The van der Waals surface area contributed by atoms with Gasteiger partial charge in [0, 0.05) is 33.1 Å². The maximum absolute atomic E-state index is 12.4. The van der Waals surface area contributed by atoms with Gasteiger partial charge in [0.05, 0.1) is 0 Å². The van der Waals surface area contributed by atoms with Crippen molar-refractivity contribution in [3.63, 3.8) is 0 Å². The highest BCUT2D eigenvalue weighted by Gasteiger charge is 2.49. The lowest BCUT2D eigenvalue weighted by Gasteiger charge is -2.34. The van der Waals surface area contributed by atoms with Gasteiger partial charge in [0.15, 0.2) is 6.61 Å². The van der Waals surface area contributed by atoms with Crippen molar-refractivity contribution in [2.24, 2.45) is 0 Å². The lowest BCUT2D eigenvalue weighted by molar-refractivity contribution is -0.154. The zero-order valence-electron chi connectivity index (χ0n) is 15.9. The molecule has 0 saturated carbocycles. The highest BCUT2D eigenvalue weighted by atomic mass is 16.5. The predicted octanol–water partition coefficient (Wildman–Crippen LogP) is -0.669. The van der Waals surface area contributed by atoms with Crippen LogP contribution in [-0.4, -0.2) is 89.3 Å². The fourth-order valence-corrected chi connectivity index (χ4v) is 3.23. The minimum absolute atomic E-state index is 0.0441. The normalized spacial score (nSPS) is 19.1. The van der Waals surface area contributed by atoms with E-state index in [0.29, 0.717) is 39.0 Å². The summed E-state index contributed by atoms with van der Waals surface area (Å²) in [4.78, 5) is 63.8. The first-order chi connectivity index (χ1) is 12.7. The number of piperazine rings is 1. The number of imide groups is 1. The largest absolute Gasteiger partial charge is 0.454 e. The summed E-state index contributed by atoms with van der Waals surface area (Å²) in [5.74, 6) is -1.70. The van der Waals surface area contributed by atoms with Crippen LogP contribution >= 0.6 is 0 Å². The number of urea groups is 1. The first-order valence-corrected chi connectivity index (χ1v) is 9.07. The molecule has 0 aromatic heterocycles. The van der Waals surface area contributed by atoms with Crippen molar-refractivity contribution in [1.82, 2.24) is 20.0 Å². The Balaban J connectivity index is 1.81. The summed E-state index contributed by atoms with van der Waals surface area (Å²) < 4.78 is 4.94. The fraction of sp³-hybridized carbons (Fsp3) is 0.706. The standard InChI is InChI=1S/C17H26N4O6/c1-4-17(5-2)15(25)21(16(26)18-17)10-14(24)27-11-13(23)20-8-6-19(7-9-20)12(3)22/h4-11H2,1-3H3,(H,18,26). The van der Waals surface area contributed by atoms with Crippen LogP contribution < -0.4 is 5.32 Å². The van der Waals surface area contributed by atoms with Gasteiger partial charge in [0.1, 0.15) is 12.1 Å². The van der Waals surface area contributed by atoms with E-state index in [0.717, 1.165) is 4.90 Å². The van der Waals surface area contributed by atoms with Crippen LogP contribution in [0.5, 0.6) is 0 Å². The molecule has 0 spiro atoms. The van der Waals surface area contributed by atoms with E-state index in [2.05, 4.69) is 5.32 Å². The Morgan fingerprint density at radius 3 is 2.07 bits per heavy atom. The quantitative estimate of drug-likeness (QED) is 0.481. The van der Waals surface area contributed by atoms with Gasteiger partial charge in [-0.1, -0.05) is 13.8 Å². The summed E-state index contributed by atoms with van der Waals surface area (Å²) in [5.41, 5.74) is -0.983. The van der Waals surface area contributed by atoms with E-state index in [9.17, 15) is 24.0 Å². The third-order valence-corrected chi connectivity index (χ3v) is 5.17. The molecule has 10 heteroatoms. The van der Waals surface area contributed by atoms with E-state index >= 15 is 0 Å². The molecule has 0 bridgehead atoms. The molecule has 10 nitrogen and oxygen atoms in total. The Bertz CT molecular complexity index is 637. The van der Waals surface area contributed by atoms with Gasteiger partial charge in [-0.25, -0.2) is 4.79 Å². The number of nitrogens with zero attached hydrogens (tertiary/aromatic N) is 3. The molecular weight excluding hydrogens is 356 g/mol. The molecule has 0 radical (unpaired) electrons. The molecule has 2 heterocycles. The molecule has 150 valence electrons. The highest BCUT2D eigenvalue weighted by Crippen LogP contribution is 2.24. The number of carbonyl (C=O) groups is 5. The number of hydrogen-bond acceptors (Lipinski definition) is 6.